The second-order valence-corrected chi connectivity index (χ2v) is 5.89. The van der Waals surface area contributed by atoms with Crippen molar-refractivity contribution in [2.75, 3.05) is 5.32 Å². The molecule has 0 fully saturated rings. The van der Waals surface area contributed by atoms with Gasteiger partial charge in [0.05, 0.1) is 29.3 Å². The zero-order valence-corrected chi connectivity index (χ0v) is 14.8. The van der Waals surface area contributed by atoms with Crippen LogP contribution in [0.1, 0.15) is 15.9 Å². The Labute approximate surface area is 163 Å². The lowest BCUT2D eigenvalue weighted by Crippen LogP contribution is -2.35. The predicted octanol–water partition coefficient (Wildman–Crippen LogP) is 4.34. The molecule has 0 atom stereocenters. The Balaban J connectivity index is 1.93. The topological polar surface area (TPSA) is 86.6 Å². The van der Waals surface area contributed by atoms with E-state index in [0.717, 1.165) is 12.1 Å². The van der Waals surface area contributed by atoms with Crippen LogP contribution < -0.4 is 10.6 Å². The van der Waals surface area contributed by atoms with Crippen molar-refractivity contribution >= 4 is 23.2 Å². The average Bonchev–Trinajstić information content (AvgIpc) is 2.68. The summed E-state index contributed by atoms with van der Waals surface area (Å²) in [6, 6.07) is 13.9. The van der Waals surface area contributed by atoms with Crippen molar-refractivity contribution in [3.05, 3.63) is 84.2 Å². The van der Waals surface area contributed by atoms with Crippen molar-refractivity contribution in [3.8, 4) is 5.75 Å². The van der Waals surface area contributed by atoms with Gasteiger partial charge in [-0.05, 0) is 30.3 Å². The van der Waals surface area contributed by atoms with Gasteiger partial charge < -0.3 is 10.4 Å². The molecule has 0 bridgehead atoms. The van der Waals surface area contributed by atoms with Crippen molar-refractivity contribution in [2.45, 2.75) is 6.18 Å². The van der Waals surface area contributed by atoms with Gasteiger partial charge in [0.2, 0.25) is 5.96 Å². The van der Waals surface area contributed by atoms with Gasteiger partial charge in [-0.25, -0.2) is 4.99 Å². The zero-order chi connectivity index (χ0) is 20.9. The van der Waals surface area contributed by atoms with E-state index in [1.807, 2.05) is 0 Å². The molecule has 0 aliphatic rings. The van der Waals surface area contributed by atoms with E-state index in [1.165, 1.54) is 30.6 Å². The maximum absolute atomic E-state index is 13.0. The summed E-state index contributed by atoms with van der Waals surface area (Å²) < 4.78 is 38.9. The van der Waals surface area contributed by atoms with Crippen LogP contribution >= 0.6 is 0 Å². The first-order valence-electron chi connectivity index (χ1n) is 8.35. The highest BCUT2D eigenvalue weighted by atomic mass is 19.4. The minimum atomic E-state index is -4.53. The number of guanidine groups is 1. The molecule has 3 aromatic rings. The maximum Gasteiger partial charge on any atom is 0.416 e. The summed E-state index contributed by atoms with van der Waals surface area (Å²) in [4.78, 5) is 20.3. The molecule has 0 aliphatic heterocycles. The third kappa shape index (κ3) is 5.55. The Kier molecular flexibility index (Phi) is 5.77. The highest BCUT2D eigenvalue weighted by Gasteiger charge is 2.30. The molecule has 1 aromatic heterocycles. The molecular formula is C20H15F3N4O2. The van der Waals surface area contributed by atoms with Gasteiger partial charge in [-0.1, -0.05) is 24.3 Å². The molecule has 0 saturated carbocycles. The van der Waals surface area contributed by atoms with Crippen molar-refractivity contribution in [2.24, 2.45) is 4.99 Å². The number of pyridine rings is 1. The van der Waals surface area contributed by atoms with Crippen LogP contribution in [0.3, 0.4) is 0 Å². The predicted molar refractivity (Wildman–Crippen MR) is 102 cm³/mol. The number of amides is 1. The van der Waals surface area contributed by atoms with Crippen LogP contribution in [0.2, 0.25) is 0 Å². The number of hydrogen-bond acceptors (Lipinski definition) is 4. The fraction of sp³-hybridized carbons (Fsp3) is 0.0500. The first-order valence-corrected chi connectivity index (χ1v) is 8.35. The van der Waals surface area contributed by atoms with Crippen LogP contribution in [0, 0.1) is 0 Å². The van der Waals surface area contributed by atoms with E-state index in [9.17, 15) is 23.1 Å². The van der Waals surface area contributed by atoms with Crippen molar-refractivity contribution in [3.63, 3.8) is 0 Å². The van der Waals surface area contributed by atoms with Crippen molar-refractivity contribution in [1.82, 2.24) is 10.3 Å². The summed E-state index contributed by atoms with van der Waals surface area (Å²) in [5, 5.41) is 14.8. The average molecular weight is 400 g/mol. The lowest BCUT2D eigenvalue weighted by molar-refractivity contribution is -0.137. The Morgan fingerprint density at radius 1 is 1.00 bits per heavy atom. The van der Waals surface area contributed by atoms with Gasteiger partial charge in [0, 0.05) is 11.6 Å². The molecule has 2 aromatic carbocycles. The number of carbonyl (C=O) groups excluding carboxylic acids is 1. The number of nitrogens with one attached hydrogen (secondary N) is 2. The highest BCUT2D eigenvalue weighted by Crippen LogP contribution is 2.31. The molecule has 3 rings (SSSR count). The monoisotopic (exact) mass is 400 g/mol. The molecule has 0 aliphatic carbocycles. The van der Waals surface area contributed by atoms with E-state index in [1.54, 1.807) is 30.3 Å². The number of anilines is 1. The Morgan fingerprint density at radius 2 is 1.76 bits per heavy atom. The van der Waals surface area contributed by atoms with E-state index in [-0.39, 0.29) is 23.1 Å². The lowest BCUT2D eigenvalue weighted by Gasteiger charge is -2.12. The third-order valence-electron chi connectivity index (χ3n) is 3.67. The normalized spacial score (nSPS) is 11.8. The molecule has 1 amide bonds. The number of rotatable bonds is 3. The molecule has 0 saturated heterocycles. The summed E-state index contributed by atoms with van der Waals surface area (Å²) >= 11 is 0. The van der Waals surface area contributed by atoms with Gasteiger partial charge in [-0.3, -0.25) is 15.1 Å². The summed E-state index contributed by atoms with van der Waals surface area (Å²) in [6.07, 6.45) is -1.96. The number of aliphatic imine (C=N–C) groups is 1. The number of aromatic nitrogens is 1. The fourth-order valence-electron chi connectivity index (χ4n) is 2.37. The van der Waals surface area contributed by atoms with Crippen LogP contribution in [0.4, 0.5) is 24.5 Å². The van der Waals surface area contributed by atoms with Crippen LogP contribution in [-0.4, -0.2) is 22.0 Å². The van der Waals surface area contributed by atoms with Crippen LogP contribution in [0.25, 0.3) is 0 Å². The van der Waals surface area contributed by atoms with Crippen LogP contribution in [0.15, 0.2) is 78.0 Å². The molecule has 1 heterocycles. The molecule has 3 N–H and O–H groups in total. The second kappa shape index (κ2) is 8.42. The number of alkyl halides is 3. The van der Waals surface area contributed by atoms with E-state index < -0.39 is 17.6 Å². The number of aromatic hydroxyl groups is 1. The Hall–Kier alpha value is -3.88. The second-order valence-electron chi connectivity index (χ2n) is 5.89. The number of halogens is 3. The minimum absolute atomic E-state index is 0.0243. The summed E-state index contributed by atoms with van der Waals surface area (Å²) in [6.45, 7) is 0. The van der Waals surface area contributed by atoms with E-state index >= 15 is 0 Å². The summed E-state index contributed by atoms with van der Waals surface area (Å²) in [7, 11) is 0. The van der Waals surface area contributed by atoms with Gasteiger partial charge in [0.1, 0.15) is 5.75 Å². The number of hydrogen-bond donors (Lipinski definition) is 3. The Morgan fingerprint density at radius 3 is 2.45 bits per heavy atom. The number of benzene rings is 2. The standard InChI is InChI=1S/C20H15F3N4O2/c21-20(22,23)14-7-4-8-15(9-14)25-19(26-16-10-17(28)12-24-11-16)27-18(29)13-5-2-1-3-6-13/h1-12,28H,(H2,25,26,27,29). The molecule has 0 spiro atoms. The third-order valence-corrected chi connectivity index (χ3v) is 3.67. The molecule has 0 unspecified atom stereocenters. The molecule has 148 valence electrons. The van der Waals surface area contributed by atoms with E-state index in [2.05, 4.69) is 20.6 Å². The van der Waals surface area contributed by atoms with E-state index in [4.69, 9.17) is 0 Å². The minimum Gasteiger partial charge on any atom is -0.506 e. The summed E-state index contributed by atoms with van der Waals surface area (Å²) in [5.41, 5.74) is -0.278. The molecule has 29 heavy (non-hydrogen) atoms. The van der Waals surface area contributed by atoms with E-state index in [0.29, 0.717) is 5.56 Å². The zero-order valence-electron chi connectivity index (χ0n) is 14.8. The van der Waals surface area contributed by atoms with Gasteiger partial charge in [-0.2, -0.15) is 13.2 Å². The van der Waals surface area contributed by atoms with Gasteiger partial charge >= 0.3 is 6.18 Å². The molecule has 9 heteroatoms. The lowest BCUT2D eigenvalue weighted by atomic mass is 10.2. The quantitative estimate of drug-likeness (QED) is 0.451. The Bertz CT molecular complexity index is 1040. The van der Waals surface area contributed by atoms with Gasteiger partial charge in [0.15, 0.2) is 0 Å². The van der Waals surface area contributed by atoms with Crippen LogP contribution in [0.5, 0.6) is 5.75 Å². The van der Waals surface area contributed by atoms with Crippen molar-refractivity contribution < 1.29 is 23.1 Å². The largest absolute Gasteiger partial charge is 0.506 e. The van der Waals surface area contributed by atoms with Gasteiger partial charge in [0.25, 0.3) is 5.91 Å². The number of carbonyl (C=O) groups is 1. The first kappa shape index (κ1) is 19.9. The van der Waals surface area contributed by atoms with Crippen molar-refractivity contribution in [1.29, 1.82) is 0 Å². The fourth-order valence-corrected chi connectivity index (χ4v) is 2.37. The first-order chi connectivity index (χ1) is 13.8. The SMILES string of the molecule is O=C(NC(=Nc1cccc(C(F)(F)F)c1)Nc1cncc(O)c1)c1ccccc1. The molecular weight excluding hydrogens is 385 g/mol. The molecule has 0 radical (unpaired) electrons. The molecule has 6 nitrogen and oxygen atoms in total. The summed E-state index contributed by atoms with van der Waals surface area (Å²) in [5.74, 6) is -0.787. The smallest absolute Gasteiger partial charge is 0.416 e. The van der Waals surface area contributed by atoms with Gasteiger partial charge in [-0.15, -0.1) is 0 Å². The number of nitrogens with zero attached hydrogens (tertiary/aromatic N) is 2. The van der Waals surface area contributed by atoms with Crippen LogP contribution in [-0.2, 0) is 6.18 Å². The maximum atomic E-state index is 13.0. The highest BCUT2D eigenvalue weighted by molar-refractivity contribution is 6.10.